The average molecular weight is 495 g/mol. The summed E-state index contributed by atoms with van der Waals surface area (Å²) in [4.78, 5) is 2.43. The summed E-state index contributed by atoms with van der Waals surface area (Å²) in [6.07, 6.45) is -0.458. The van der Waals surface area contributed by atoms with Crippen LogP contribution >= 0.6 is 12.4 Å². The van der Waals surface area contributed by atoms with E-state index in [0.717, 1.165) is 56.7 Å². The molecule has 34 heavy (non-hydrogen) atoms. The van der Waals surface area contributed by atoms with E-state index in [2.05, 4.69) is 15.1 Å². The Morgan fingerprint density at radius 2 is 1.82 bits per heavy atom. The third kappa shape index (κ3) is 4.70. The van der Waals surface area contributed by atoms with Crippen molar-refractivity contribution in [2.45, 2.75) is 37.3 Å². The molecule has 2 heterocycles. The summed E-state index contributed by atoms with van der Waals surface area (Å²) in [6.45, 7) is 2.89. The van der Waals surface area contributed by atoms with Crippen molar-refractivity contribution in [2.75, 3.05) is 19.6 Å². The SMILES string of the molecule is Cl.Cn1c(CCCCN2C[C@@H]3C[C@]3(c3ccc(C(F)(F)F)cc3)C2)nnc1-c1cccc(F)c1. The fourth-order valence-electron chi connectivity index (χ4n) is 5.27. The Morgan fingerprint density at radius 3 is 2.53 bits per heavy atom. The number of hydrogen-bond acceptors (Lipinski definition) is 3. The number of rotatable bonds is 7. The predicted octanol–water partition coefficient (Wildman–Crippen LogP) is 5.66. The molecule has 3 aromatic rings. The fourth-order valence-corrected chi connectivity index (χ4v) is 5.27. The lowest BCUT2D eigenvalue weighted by molar-refractivity contribution is -0.137. The van der Waals surface area contributed by atoms with Crippen LogP contribution in [0.1, 0.15) is 36.2 Å². The fraction of sp³-hybridized carbons (Fsp3) is 0.440. The maximum absolute atomic E-state index is 13.5. The van der Waals surface area contributed by atoms with Gasteiger partial charge in [-0.3, -0.25) is 0 Å². The molecule has 4 nitrogen and oxygen atoms in total. The highest BCUT2D eigenvalue weighted by Gasteiger charge is 2.60. The van der Waals surface area contributed by atoms with Crippen molar-refractivity contribution >= 4 is 12.4 Å². The van der Waals surface area contributed by atoms with Gasteiger partial charge in [0, 0.05) is 37.5 Å². The molecule has 2 aromatic carbocycles. The quantitative estimate of drug-likeness (QED) is 0.314. The number of halogens is 5. The van der Waals surface area contributed by atoms with Gasteiger partial charge in [-0.05, 0) is 61.6 Å². The van der Waals surface area contributed by atoms with Crippen molar-refractivity contribution in [3.05, 3.63) is 71.3 Å². The van der Waals surface area contributed by atoms with Crippen molar-refractivity contribution in [2.24, 2.45) is 13.0 Å². The number of piperidine rings is 1. The van der Waals surface area contributed by atoms with E-state index >= 15 is 0 Å². The summed E-state index contributed by atoms with van der Waals surface area (Å²) in [7, 11) is 1.90. The molecule has 182 valence electrons. The first-order valence-corrected chi connectivity index (χ1v) is 11.3. The average Bonchev–Trinajstić information content (AvgIpc) is 3.15. The Kier molecular flexibility index (Phi) is 6.75. The summed E-state index contributed by atoms with van der Waals surface area (Å²) in [5.74, 6) is 1.78. The van der Waals surface area contributed by atoms with E-state index in [4.69, 9.17) is 0 Å². The van der Waals surface area contributed by atoms with Gasteiger partial charge in [0.1, 0.15) is 11.6 Å². The zero-order valence-electron chi connectivity index (χ0n) is 18.9. The highest BCUT2D eigenvalue weighted by Crippen LogP contribution is 2.59. The van der Waals surface area contributed by atoms with Crippen molar-refractivity contribution in [3.63, 3.8) is 0 Å². The molecule has 1 aliphatic heterocycles. The van der Waals surface area contributed by atoms with Crippen molar-refractivity contribution in [3.8, 4) is 11.4 Å². The van der Waals surface area contributed by atoms with E-state index in [9.17, 15) is 17.6 Å². The Bertz CT molecular complexity index is 1140. The molecular formula is C25H27ClF4N4. The van der Waals surface area contributed by atoms with E-state index in [1.807, 2.05) is 17.7 Å². The summed E-state index contributed by atoms with van der Waals surface area (Å²) >= 11 is 0. The number of fused-ring (bicyclic) bond motifs is 1. The molecule has 9 heteroatoms. The highest BCUT2D eigenvalue weighted by atomic mass is 35.5. The van der Waals surface area contributed by atoms with Crippen molar-refractivity contribution in [1.29, 1.82) is 0 Å². The molecule has 2 atom stereocenters. The van der Waals surface area contributed by atoms with Crippen LogP contribution in [0.2, 0.25) is 0 Å². The molecule has 0 bridgehead atoms. The van der Waals surface area contributed by atoms with Crippen LogP contribution in [0.15, 0.2) is 48.5 Å². The van der Waals surface area contributed by atoms with Crippen LogP contribution in [-0.2, 0) is 25.1 Å². The maximum atomic E-state index is 13.5. The van der Waals surface area contributed by atoms with E-state index < -0.39 is 11.7 Å². The molecule has 1 aromatic heterocycles. The number of hydrogen-bond donors (Lipinski definition) is 0. The Balaban J connectivity index is 0.00000274. The first-order chi connectivity index (χ1) is 15.8. The standard InChI is InChI=1S/C25H26F4N4.ClH/c1-32-22(30-31-23(32)17-5-4-6-21(26)13-17)7-2-3-12-33-15-20-14-24(20,16-33)18-8-10-19(11-9-18)25(27,28)29;/h4-6,8-11,13,20H,2-3,7,12,14-16H2,1H3;1H/t20-,24+;/m0./s1. The van der Waals surface area contributed by atoms with Crippen molar-refractivity contribution < 1.29 is 17.6 Å². The van der Waals surface area contributed by atoms with Crippen molar-refractivity contribution in [1.82, 2.24) is 19.7 Å². The molecule has 5 rings (SSSR count). The first kappa shape index (κ1) is 24.7. The van der Waals surface area contributed by atoms with E-state index in [1.54, 1.807) is 18.2 Å². The molecule has 0 unspecified atom stereocenters. The van der Waals surface area contributed by atoms with Gasteiger partial charge in [-0.1, -0.05) is 24.3 Å². The zero-order chi connectivity index (χ0) is 23.2. The van der Waals surface area contributed by atoms with E-state index in [-0.39, 0.29) is 23.6 Å². The lowest BCUT2D eigenvalue weighted by Crippen LogP contribution is -2.27. The number of aryl methyl sites for hydroxylation is 1. The minimum Gasteiger partial charge on any atom is -0.314 e. The number of nitrogens with zero attached hydrogens (tertiary/aromatic N) is 4. The number of benzene rings is 2. The zero-order valence-corrected chi connectivity index (χ0v) is 19.7. The van der Waals surface area contributed by atoms with Gasteiger partial charge >= 0.3 is 6.18 Å². The number of alkyl halides is 3. The summed E-state index contributed by atoms with van der Waals surface area (Å²) < 4.78 is 54.0. The Morgan fingerprint density at radius 1 is 1.06 bits per heavy atom. The molecule has 2 aliphatic rings. The van der Waals surface area contributed by atoms with Gasteiger partial charge in [-0.2, -0.15) is 13.2 Å². The number of likely N-dealkylation sites (tertiary alicyclic amines) is 1. The van der Waals surface area contributed by atoms with Gasteiger partial charge < -0.3 is 9.47 Å². The second-order valence-corrected chi connectivity index (χ2v) is 9.33. The summed E-state index contributed by atoms with van der Waals surface area (Å²) in [5, 5.41) is 8.51. The molecule has 0 spiro atoms. The van der Waals surface area contributed by atoms with Gasteiger partial charge in [-0.25, -0.2) is 4.39 Å². The minimum atomic E-state index is -4.29. The Hall–Kier alpha value is -2.45. The van der Waals surface area contributed by atoms with Crippen LogP contribution in [0.3, 0.4) is 0 Å². The monoisotopic (exact) mass is 494 g/mol. The van der Waals surface area contributed by atoms with Gasteiger partial charge in [0.05, 0.1) is 5.56 Å². The van der Waals surface area contributed by atoms with Gasteiger partial charge in [-0.15, -0.1) is 22.6 Å². The van der Waals surface area contributed by atoms with Crippen LogP contribution < -0.4 is 0 Å². The second-order valence-electron chi connectivity index (χ2n) is 9.33. The predicted molar refractivity (Wildman–Crippen MR) is 124 cm³/mol. The van der Waals surface area contributed by atoms with Crippen LogP contribution in [0, 0.1) is 11.7 Å². The maximum Gasteiger partial charge on any atom is 0.416 e. The highest BCUT2D eigenvalue weighted by molar-refractivity contribution is 5.85. The molecule has 2 fully saturated rings. The van der Waals surface area contributed by atoms with E-state index in [0.29, 0.717) is 17.3 Å². The van der Waals surface area contributed by atoms with Gasteiger partial charge in [0.15, 0.2) is 5.82 Å². The normalized spacial score (nSPS) is 21.9. The third-order valence-electron chi connectivity index (χ3n) is 7.18. The molecular weight excluding hydrogens is 468 g/mol. The van der Waals surface area contributed by atoms with Gasteiger partial charge in [0.25, 0.3) is 0 Å². The summed E-state index contributed by atoms with van der Waals surface area (Å²) in [5.41, 5.74) is 1.19. The molecule has 0 radical (unpaired) electrons. The van der Waals surface area contributed by atoms with Crippen LogP contribution in [0.25, 0.3) is 11.4 Å². The topological polar surface area (TPSA) is 34.0 Å². The van der Waals surface area contributed by atoms with Crippen LogP contribution in [-0.4, -0.2) is 39.3 Å². The largest absolute Gasteiger partial charge is 0.416 e. The smallest absolute Gasteiger partial charge is 0.314 e. The van der Waals surface area contributed by atoms with E-state index in [1.165, 1.54) is 24.3 Å². The number of aromatic nitrogens is 3. The molecule has 1 saturated heterocycles. The van der Waals surface area contributed by atoms with Gasteiger partial charge in [0.2, 0.25) is 0 Å². The molecule has 1 saturated carbocycles. The second kappa shape index (κ2) is 9.30. The first-order valence-electron chi connectivity index (χ1n) is 11.3. The molecule has 0 amide bonds. The number of unbranched alkanes of at least 4 members (excludes halogenated alkanes) is 1. The third-order valence-corrected chi connectivity index (χ3v) is 7.18. The lowest BCUT2D eigenvalue weighted by atomic mass is 9.94. The molecule has 0 N–H and O–H groups in total. The van der Waals surface area contributed by atoms with Crippen LogP contribution in [0.4, 0.5) is 17.6 Å². The lowest BCUT2D eigenvalue weighted by Gasteiger charge is -2.21. The van der Waals surface area contributed by atoms with Crippen LogP contribution in [0.5, 0.6) is 0 Å². The summed E-state index contributed by atoms with van der Waals surface area (Å²) in [6, 6.07) is 12.1. The minimum absolute atomic E-state index is 0. The Labute approximate surface area is 202 Å². The molecule has 1 aliphatic carbocycles.